The largest absolute Gasteiger partial charge is 0.493 e. The van der Waals surface area contributed by atoms with E-state index in [1.807, 2.05) is 47.4 Å². The Morgan fingerprint density at radius 3 is 2.50 bits per heavy atom. The van der Waals surface area contributed by atoms with Gasteiger partial charge in [0.15, 0.2) is 0 Å². The summed E-state index contributed by atoms with van der Waals surface area (Å²) in [6.45, 7) is 9.07. The van der Waals surface area contributed by atoms with Crippen molar-refractivity contribution in [1.29, 1.82) is 0 Å². The van der Waals surface area contributed by atoms with Gasteiger partial charge in [0, 0.05) is 26.2 Å². The van der Waals surface area contributed by atoms with E-state index in [9.17, 15) is 4.79 Å². The summed E-state index contributed by atoms with van der Waals surface area (Å²) in [5.41, 5.74) is 2.23. The summed E-state index contributed by atoms with van der Waals surface area (Å²) in [5, 5.41) is 3.11. The number of amides is 2. The Bertz CT molecular complexity index is 777. The van der Waals surface area contributed by atoms with E-state index in [2.05, 4.69) is 43.2 Å². The van der Waals surface area contributed by atoms with E-state index in [-0.39, 0.29) is 6.03 Å². The predicted molar refractivity (Wildman–Crippen MR) is 121 cm³/mol. The van der Waals surface area contributed by atoms with Crippen LogP contribution < -0.4 is 10.1 Å². The van der Waals surface area contributed by atoms with Crippen molar-refractivity contribution in [3.8, 4) is 5.75 Å². The molecule has 3 rings (SSSR count). The Kier molecular flexibility index (Phi) is 8.14. The van der Waals surface area contributed by atoms with Gasteiger partial charge in [0.2, 0.25) is 0 Å². The van der Waals surface area contributed by atoms with Crippen molar-refractivity contribution < 1.29 is 9.53 Å². The molecule has 0 bridgehead atoms. The van der Waals surface area contributed by atoms with Crippen molar-refractivity contribution in [2.75, 3.05) is 33.3 Å². The van der Waals surface area contributed by atoms with Gasteiger partial charge in [-0.15, -0.1) is 0 Å². The molecule has 0 unspecified atom stereocenters. The van der Waals surface area contributed by atoms with Crippen LogP contribution in [0.3, 0.4) is 0 Å². The van der Waals surface area contributed by atoms with E-state index < -0.39 is 0 Å². The molecule has 2 aromatic rings. The van der Waals surface area contributed by atoms with E-state index in [4.69, 9.17) is 4.74 Å². The Balaban J connectivity index is 1.56. The lowest BCUT2D eigenvalue weighted by Gasteiger charge is -2.26. The standard InChI is InChI=1S/C25H35N3O2/c1-20(2)19-30-24-11-9-21(10-12-24)15-26-25(29)28(17-22-7-5-4-6-8-22)18-23-13-14-27(3)16-23/h4-12,20,23H,13-19H2,1-3H3,(H,26,29)/t23-/m1/s1. The quantitative estimate of drug-likeness (QED) is 0.668. The molecule has 5 heteroatoms. The van der Waals surface area contributed by atoms with Crippen LogP contribution in [-0.4, -0.2) is 49.1 Å². The molecule has 162 valence electrons. The van der Waals surface area contributed by atoms with E-state index >= 15 is 0 Å². The van der Waals surface area contributed by atoms with Crippen molar-refractivity contribution in [1.82, 2.24) is 15.1 Å². The molecule has 5 nitrogen and oxygen atoms in total. The maximum absolute atomic E-state index is 13.0. The van der Waals surface area contributed by atoms with Gasteiger partial charge in [0.1, 0.15) is 5.75 Å². The predicted octanol–water partition coefficient (Wildman–Crippen LogP) is 4.38. The minimum Gasteiger partial charge on any atom is -0.493 e. The lowest BCUT2D eigenvalue weighted by molar-refractivity contribution is 0.184. The van der Waals surface area contributed by atoms with Gasteiger partial charge in [-0.05, 0) is 55.1 Å². The van der Waals surface area contributed by atoms with Crippen molar-refractivity contribution in [2.45, 2.75) is 33.4 Å². The van der Waals surface area contributed by atoms with E-state index in [1.54, 1.807) is 0 Å². The fourth-order valence-corrected chi connectivity index (χ4v) is 3.77. The van der Waals surface area contributed by atoms with Crippen LogP contribution in [0.5, 0.6) is 5.75 Å². The van der Waals surface area contributed by atoms with Crippen molar-refractivity contribution >= 4 is 6.03 Å². The third-order valence-corrected chi connectivity index (χ3v) is 5.42. The van der Waals surface area contributed by atoms with Gasteiger partial charge < -0.3 is 19.9 Å². The van der Waals surface area contributed by atoms with Gasteiger partial charge in [-0.2, -0.15) is 0 Å². The first kappa shape index (κ1) is 22.2. The van der Waals surface area contributed by atoms with Crippen LogP contribution in [-0.2, 0) is 13.1 Å². The van der Waals surface area contributed by atoms with Gasteiger partial charge in [0.05, 0.1) is 6.61 Å². The highest BCUT2D eigenvalue weighted by molar-refractivity contribution is 5.74. The van der Waals surface area contributed by atoms with Crippen molar-refractivity contribution in [3.05, 3.63) is 65.7 Å². The molecule has 0 aliphatic carbocycles. The number of nitrogens with zero attached hydrogens (tertiary/aromatic N) is 2. The number of hydrogen-bond donors (Lipinski definition) is 1. The van der Waals surface area contributed by atoms with Crippen LogP contribution in [0.4, 0.5) is 4.79 Å². The highest BCUT2D eigenvalue weighted by Crippen LogP contribution is 2.18. The SMILES string of the molecule is CC(C)COc1ccc(CNC(=O)N(Cc2ccccc2)C[C@@H]2CCN(C)C2)cc1. The Morgan fingerprint density at radius 1 is 1.13 bits per heavy atom. The molecular weight excluding hydrogens is 374 g/mol. The number of urea groups is 1. The first-order chi connectivity index (χ1) is 14.5. The fourth-order valence-electron chi connectivity index (χ4n) is 3.77. The number of rotatable bonds is 9. The monoisotopic (exact) mass is 409 g/mol. The summed E-state index contributed by atoms with van der Waals surface area (Å²) in [7, 11) is 2.15. The summed E-state index contributed by atoms with van der Waals surface area (Å²) >= 11 is 0. The number of likely N-dealkylation sites (tertiary alicyclic amines) is 1. The number of hydrogen-bond acceptors (Lipinski definition) is 3. The number of carbonyl (C=O) groups excluding carboxylic acids is 1. The molecule has 1 aliphatic heterocycles. The zero-order valence-corrected chi connectivity index (χ0v) is 18.5. The molecule has 0 aromatic heterocycles. The average Bonchev–Trinajstić information content (AvgIpc) is 3.16. The molecule has 1 fully saturated rings. The minimum atomic E-state index is -0.00598. The first-order valence-corrected chi connectivity index (χ1v) is 11.0. The smallest absolute Gasteiger partial charge is 0.317 e. The van der Waals surface area contributed by atoms with E-state index in [1.165, 1.54) is 0 Å². The Morgan fingerprint density at radius 2 is 1.87 bits per heavy atom. The van der Waals surface area contributed by atoms with Crippen molar-refractivity contribution in [3.63, 3.8) is 0 Å². The van der Waals surface area contributed by atoms with Gasteiger partial charge in [0.25, 0.3) is 0 Å². The third-order valence-electron chi connectivity index (χ3n) is 5.42. The third kappa shape index (κ3) is 7.06. The summed E-state index contributed by atoms with van der Waals surface area (Å²) < 4.78 is 5.74. The lowest BCUT2D eigenvalue weighted by Crippen LogP contribution is -2.42. The van der Waals surface area contributed by atoms with Crippen LogP contribution in [0.1, 0.15) is 31.4 Å². The van der Waals surface area contributed by atoms with Gasteiger partial charge in [-0.25, -0.2) is 4.79 Å². The highest BCUT2D eigenvalue weighted by atomic mass is 16.5. The van der Waals surface area contributed by atoms with Gasteiger partial charge in [-0.3, -0.25) is 0 Å². The molecule has 30 heavy (non-hydrogen) atoms. The molecule has 1 heterocycles. The Labute approximate surface area is 181 Å². The number of benzene rings is 2. The van der Waals surface area contributed by atoms with Crippen LogP contribution >= 0.6 is 0 Å². The maximum Gasteiger partial charge on any atom is 0.317 e. The highest BCUT2D eigenvalue weighted by Gasteiger charge is 2.24. The molecular formula is C25H35N3O2. The number of ether oxygens (including phenoxy) is 1. The molecule has 1 saturated heterocycles. The Hall–Kier alpha value is -2.53. The molecule has 1 aliphatic rings. The van der Waals surface area contributed by atoms with Gasteiger partial charge >= 0.3 is 6.03 Å². The maximum atomic E-state index is 13.0. The molecule has 2 amide bonds. The second-order valence-corrected chi connectivity index (χ2v) is 8.79. The zero-order valence-electron chi connectivity index (χ0n) is 18.5. The van der Waals surface area contributed by atoms with Crippen molar-refractivity contribution in [2.24, 2.45) is 11.8 Å². The number of nitrogens with one attached hydrogen (secondary N) is 1. The van der Waals surface area contributed by atoms with E-state index in [0.717, 1.165) is 42.9 Å². The summed E-state index contributed by atoms with van der Waals surface area (Å²) in [4.78, 5) is 17.3. The molecule has 2 aromatic carbocycles. The number of carbonyl (C=O) groups is 1. The lowest BCUT2D eigenvalue weighted by atomic mass is 10.1. The second-order valence-electron chi connectivity index (χ2n) is 8.79. The van der Waals surface area contributed by atoms with E-state index in [0.29, 0.717) is 31.5 Å². The second kappa shape index (κ2) is 11.0. The topological polar surface area (TPSA) is 44.8 Å². The van der Waals surface area contributed by atoms with Gasteiger partial charge in [-0.1, -0.05) is 56.3 Å². The zero-order chi connectivity index (χ0) is 21.3. The summed E-state index contributed by atoms with van der Waals surface area (Å²) in [6.07, 6.45) is 1.15. The molecule has 0 spiro atoms. The van der Waals surface area contributed by atoms with Crippen LogP contribution in [0.25, 0.3) is 0 Å². The first-order valence-electron chi connectivity index (χ1n) is 11.0. The van der Waals surface area contributed by atoms with Crippen LogP contribution in [0.2, 0.25) is 0 Å². The average molecular weight is 410 g/mol. The molecule has 1 atom stereocenters. The molecule has 1 N–H and O–H groups in total. The minimum absolute atomic E-state index is 0.00598. The molecule has 0 saturated carbocycles. The molecule has 0 radical (unpaired) electrons. The normalized spacial score (nSPS) is 16.6. The van der Waals surface area contributed by atoms with Crippen LogP contribution in [0.15, 0.2) is 54.6 Å². The fraction of sp³-hybridized carbons (Fsp3) is 0.480. The summed E-state index contributed by atoms with van der Waals surface area (Å²) in [5.74, 6) is 1.90. The summed E-state index contributed by atoms with van der Waals surface area (Å²) in [6, 6.07) is 18.2. The van der Waals surface area contributed by atoms with Crippen LogP contribution in [0, 0.1) is 11.8 Å².